The minimum Gasteiger partial charge on any atom is -0.456 e. The molecule has 0 aliphatic carbocycles. The summed E-state index contributed by atoms with van der Waals surface area (Å²) in [6.45, 7) is 0. The van der Waals surface area contributed by atoms with Crippen molar-refractivity contribution in [3.05, 3.63) is 104 Å². The van der Waals surface area contributed by atoms with Crippen LogP contribution in [0.3, 0.4) is 0 Å². The lowest BCUT2D eigenvalue weighted by Crippen LogP contribution is -2.17. The maximum absolute atomic E-state index is 12.1. The molecule has 3 rings (SSSR count). The van der Waals surface area contributed by atoms with E-state index in [0.717, 1.165) is 12.1 Å². The van der Waals surface area contributed by atoms with Crippen molar-refractivity contribution < 1.29 is 19.4 Å². The van der Waals surface area contributed by atoms with Gasteiger partial charge in [-0.1, -0.05) is 18.2 Å². The van der Waals surface area contributed by atoms with Gasteiger partial charge in [0.25, 0.3) is 17.3 Å². The van der Waals surface area contributed by atoms with E-state index in [9.17, 15) is 30.3 Å². The number of hydrazone groups is 1. The van der Waals surface area contributed by atoms with E-state index >= 15 is 0 Å². The van der Waals surface area contributed by atoms with Gasteiger partial charge in [-0.25, -0.2) is 5.43 Å². The predicted molar refractivity (Wildman–Crippen MR) is 112 cm³/mol. The molecular formula is C21H13N5O6. The molecule has 0 aliphatic rings. The number of benzene rings is 3. The molecule has 1 amide bonds. The number of hydrogen-bond donors (Lipinski definition) is 1. The number of carbonyl (C=O) groups is 1. The highest BCUT2D eigenvalue weighted by molar-refractivity contribution is 5.95. The van der Waals surface area contributed by atoms with Crippen molar-refractivity contribution in [2.45, 2.75) is 0 Å². The predicted octanol–water partition coefficient (Wildman–Crippen LogP) is 3.93. The summed E-state index contributed by atoms with van der Waals surface area (Å²) in [6.07, 6.45) is 1.34. The number of nitrogens with zero attached hydrogens (tertiary/aromatic N) is 4. The summed E-state index contributed by atoms with van der Waals surface area (Å²) < 4.78 is 5.65. The van der Waals surface area contributed by atoms with Crippen LogP contribution in [0.1, 0.15) is 21.5 Å². The number of rotatable bonds is 7. The topological polar surface area (TPSA) is 161 Å². The van der Waals surface area contributed by atoms with Crippen LogP contribution >= 0.6 is 0 Å². The fraction of sp³-hybridized carbons (Fsp3) is 0. The molecule has 0 saturated heterocycles. The molecule has 0 unspecified atom stereocenters. The van der Waals surface area contributed by atoms with Crippen molar-refractivity contribution in [1.82, 2.24) is 5.43 Å². The maximum atomic E-state index is 12.1. The van der Waals surface area contributed by atoms with Gasteiger partial charge in [-0.15, -0.1) is 0 Å². The second kappa shape index (κ2) is 9.59. The molecule has 3 aromatic rings. The third-order valence-electron chi connectivity index (χ3n) is 4.08. The maximum Gasteiger partial charge on any atom is 0.271 e. The molecule has 0 spiro atoms. The van der Waals surface area contributed by atoms with Crippen molar-refractivity contribution in [3.8, 4) is 17.6 Å². The molecule has 158 valence electrons. The molecule has 0 bridgehead atoms. The zero-order valence-electron chi connectivity index (χ0n) is 16.2. The molecule has 3 aromatic carbocycles. The van der Waals surface area contributed by atoms with Crippen LogP contribution in [0.5, 0.6) is 11.5 Å². The number of ether oxygens (including phenoxy) is 1. The number of hydrogen-bond acceptors (Lipinski definition) is 8. The Balaban J connectivity index is 1.70. The number of nitrogens with one attached hydrogen (secondary N) is 1. The van der Waals surface area contributed by atoms with E-state index in [1.807, 2.05) is 6.07 Å². The molecule has 1 N–H and O–H groups in total. The Labute approximate surface area is 180 Å². The lowest BCUT2D eigenvalue weighted by atomic mass is 10.2. The van der Waals surface area contributed by atoms with Crippen molar-refractivity contribution >= 4 is 23.5 Å². The SMILES string of the molecule is N#Cc1cc([N+](=O)[O-])ccc1Oc1cccc(/C=N\NC(=O)c2cccc([N+](=O)[O-])c2)c1. The van der Waals surface area contributed by atoms with Crippen molar-refractivity contribution in [2.75, 3.05) is 0 Å². The largest absolute Gasteiger partial charge is 0.456 e. The smallest absolute Gasteiger partial charge is 0.271 e. The van der Waals surface area contributed by atoms with Gasteiger partial charge in [0.15, 0.2) is 0 Å². The molecule has 0 radical (unpaired) electrons. The molecule has 11 heteroatoms. The Morgan fingerprint density at radius 3 is 2.44 bits per heavy atom. The zero-order valence-corrected chi connectivity index (χ0v) is 16.2. The van der Waals surface area contributed by atoms with E-state index in [2.05, 4.69) is 10.5 Å². The van der Waals surface area contributed by atoms with Crippen molar-refractivity contribution in [1.29, 1.82) is 5.26 Å². The van der Waals surface area contributed by atoms with E-state index < -0.39 is 15.8 Å². The Bertz CT molecular complexity index is 1280. The number of nitro groups is 2. The number of nitro benzene ring substituents is 2. The zero-order chi connectivity index (χ0) is 23.1. The van der Waals surface area contributed by atoms with Crippen LogP contribution in [0, 0.1) is 31.6 Å². The van der Waals surface area contributed by atoms with E-state index in [1.165, 1.54) is 36.5 Å². The van der Waals surface area contributed by atoms with Gasteiger partial charge in [0.05, 0.1) is 16.1 Å². The summed E-state index contributed by atoms with van der Waals surface area (Å²) in [6, 6.07) is 17.3. The second-order valence-electron chi connectivity index (χ2n) is 6.23. The Morgan fingerprint density at radius 2 is 1.72 bits per heavy atom. The first-order valence-corrected chi connectivity index (χ1v) is 8.91. The van der Waals surface area contributed by atoms with Crippen LogP contribution in [0.2, 0.25) is 0 Å². The van der Waals surface area contributed by atoms with Gasteiger partial charge >= 0.3 is 0 Å². The lowest BCUT2D eigenvalue weighted by molar-refractivity contribution is -0.385. The highest BCUT2D eigenvalue weighted by atomic mass is 16.6. The summed E-state index contributed by atoms with van der Waals surface area (Å²) in [5, 5.41) is 34.7. The van der Waals surface area contributed by atoms with Gasteiger partial charge in [0.2, 0.25) is 0 Å². The van der Waals surface area contributed by atoms with Crippen molar-refractivity contribution in [3.63, 3.8) is 0 Å². The van der Waals surface area contributed by atoms with Crippen LogP contribution in [-0.4, -0.2) is 22.0 Å². The fourth-order valence-electron chi connectivity index (χ4n) is 2.58. The Hall–Kier alpha value is -5.11. The standard InChI is InChI=1S/C21H13N5O6/c22-12-16-11-18(26(30)31)7-8-20(16)32-19-6-1-3-14(9-19)13-23-24-21(27)15-4-2-5-17(10-15)25(28)29/h1-11,13H,(H,24,27)/b23-13-. The molecule has 11 nitrogen and oxygen atoms in total. The first-order chi connectivity index (χ1) is 15.4. The van der Waals surface area contributed by atoms with E-state index in [-0.39, 0.29) is 28.3 Å². The third kappa shape index (κ3) is 5.28. The molecule has 0 fully saturated rings. The molecule has 0 aromatic heterocycles. The van der Waals surface area contributed by atoms with Crippen LogP contribution in [0.4, 0.5) is 11.4 Å². The molecule has 0 heterocycles. The quantitative estimate of drug-likeness (QED) is 0.337. The molecule has 0 aliphatic heterocycles. The van der Waals surface area contributed by atoms with Crippen molar-refractivity contribution in [2.24, 2.45) is 5.10 Å². The van der Waals surface area contributed by atoms with Crippen LogP contribution in [0.15, 0.2) is 71.8 Å². The summed E-state index contributed by atoms with van der Waals surface area (Å²) in [4.78, 5) is 32.6. The van der Waals surface area contributed by atoms with Gasteiger partial charge < -0.3 is 4.74 Å². The van der Waals surface area contributed by atoms with Crippen LogP contribution in [-0.2, 0) is 0 Å². The van der Waals surface area contributed by atoms with E-state index in [1.54, 1.807) is 24.3 Å². The van der Waals surface area contributed by atoms with Gasteiger partial charge in [0, 0.05) is 29.8 Å². The lowest BCUT2D eigenvalue weighted by Gasteiger charge is -2.08. The molecule has 32 heavy (non-hydrogen) atoms. The number of amides is 1. The average Bonchev–Trinajstić information content (AvgIpc) is 2.79. The van der Waals surface area contributed by atoms with E-state index in [0.29, 0.717) is 11.3 Å². The minimum absolute atomic E-state index is 0.00230. The fourth-order valence-corrected chi connectivity index (χ4v) is 2.58. The average molecular weight is 431 g/mol. The highest BCUT2D eigenvalue weighted by Gasteiger charge is 2.13. The van der Waals surface area contributed by atoms with Gasteiger partial charge in [0.1, 0.15) is 23.1 Å². The van der Waals surface area contributed by atoms with Crippen LogP contribution < -0.4 is 10.2 Å². The second-order valence-corrected chi connectivity index (χ2v) is 6.23. The van der Waals surface area contributed by atoms with Crippen LogP contribution in [0.25, 0.3) is 0 Å². The summed E-state index contributed by atoms with van der Waals surface area (Å²) in [5.74, 6) is -0.141. The molecule has 0 saturated carbocycles. The Morgan fingerprint density at radius 1 is 1.00 bits per heavy atom. The summed E-state index contributed by atoms with van der Waals surface area (Å²) in [7, 11) is 0. The summed E-state index contributed by atoms with van der Waals surface area (Å²) in [5.41, 5.74) is 2.46. The number of nitriles is 1. The first-order valence-electron chi connectivity index (χ1n) is 8.91. The van der Waals surface area contributed by atoms with Gasteiger partial charge in [-0.2, -0.15) is 10.4 Å². The number of carbonyl (C=O) groups excluding carboxylic acids is 1. The highest BCUT2D eigenvalue weighted by Crippen LogP contribution is 2.28. The normalized spacial score (nSPS) is 10.3. The summed E-state index contributed by atoms with van der Waals surface area (Å²) >= 11 is 0. The Kier molecular flexibility index (Phi) is 6.47. The van der Waals surface area contributed by atoms with Gasteiger partial charge in [-0.3, -0.25) is 25.0 Å². The monoisotopic (exact) mass is 431 g/mol. The third-order valence-corrected chi connectivity index (χ3v) is 4.08. The van der Waals surface area contributed by atoms with Gasteiger partial charge in [-0.05, 0) is 29.8 Å². The molecular weight excluding hydrogens is 418 g/mol. The first kappa shape index (κ1) is 21.6. The minimum atomic E-state index is -0.623. The number of non-ortho nitro benzene ring substituents is 2. The van der Waals surface area contributed by atoms with E-state index in [4.69, 9.17) is 4.74 Å². The molecule has 0 atom stereocenters.